The zero-order valence-corrected chi connectivity index (χ0v) is 9.29. The van der Waals surface area contributed by atoms with Gasteiger partial charge in [0.1, 0.15) is 0 Å². The van der Waals surface area contributed by atoms with E-state index in [-0.39, 0.29) is 5.97 Å². The number of esters is 1. The molecule has 0 aromatic carbocycles. The van der Waals surface area contributed by atoms with Gasteiger partial charge in [0.05, 0.1) is 13.0 Å². The molecule has 1 atom stereocenters. The van der Waals surface area contributed by atoms with Crippen LogP contribution in [0.25, 0.3) is 0 Å². The Bertz CT molecular complexity index is 176. The van der Waals surface area contributed by atoms with Crippen LogP contribution < -0.4 is 0 Å². The number of carbonyl (C=O) groups is 1. The van der Waals surface area contributed by atoms with E-state index in [0.717, 1.165) is 19.5 Å². The van der Waals surface area contributed by atoms with Gasteiger partial charge >= 0.3 is 5.97 Å². The smallest absolute Gasteiger partial charge is 0.307 e. The Morgan fingerprint density at radius 3 is 2.50 bits per heavy atom. The molecule has 82 valence electrons. The van der Waals surface area contributed by atoms with E-state index in [1.807, 2.05) is 6.92 Å². The van der Waals surface area contributed by atoms with Crippen molar-refractivity contribution in [1.82, 2.24) is 4.90 Å². The molecule has 0 saturated carbocycles. The topological polar surface area (TPSA) is 29.5 Å². The molecular formula is C11H21NO2. The van der Waals surface area contributed by atoms with Crippen molar-refractivity contribution in [2.24, 2.45) is 0 Å². The van der Waals surface area contributed by atoms with Crippen molar-refractivity contribution in [3.05, 3.63) is 0 Å². The second-order valence-electron chi connectivity index (χ2n) is 3.81. The van der Waals surface area contributed by atoms with Crippen LogP contribution in [0.5, 0.6) is 0 Å². The fourth-order valence-electron chi connectivity index (χ4n) is 2.05. The minimum absolute atomic E-state index is 0.0498. The minimum Gasteiger partial charge on any atom is -0.466 e. The van der Waals surface area contributed by atoms with E-state index in [2.05, 4.69) is 11.8 Å². The predicted molar refractivity (Wildman–Crippen MR) is 56.1 cm³/mol. The molecule has 0 bridgehead atoms. The molecule has 0 aliphatic carbocycles. The molecule has 14 heavy (non-hydrogen) atoms. The first-order chi connectivity index (χ1) is 6.77. The van der Waals surface area contributed by atoms with E-state index < -0.39 is 0 Å². The molecule has 3 heteroatoms. The molecule has 1 fully saturated rings. The molecule has 1 aliphatic rings. The maximum absolute atomic E-state index is 11.3. The summed E-state index contributed by atoms with van der Waals surface area (Å²) in [5, 5.41) is 0. The van der Waals surface area contributed by atoms with Gasteiger partial charge in [-0.15, -0.1) is 0 Å². The summed E-state index contributed by atoms with van der Waals surface area (Å²) in [4.78, 5) is 13.7. The fraction of sp³-hybridized carbons (Fsp3) is 0.909. The Balaban J connectivity index is 2.33. The van der Waals surface area contributed by atoms with Gasteiger partial charge in [-0.2, -0.15) is 0 Å². The monoisotopic (exact) mass is 199 g/mol. The summed E-state index contributed by atoms with van der Waals surface area (Å²) in [6.07, 6.45) is 4.15. The van der Waals surface area contributed by atoms with Crippen molar-refractivity contribution in [2.75, 3.05) is 19.7 Å². The van der Waals surface area contributed by atoms with Gasteiger partial charge in [-0.05, 0) is 39.3 Å². The van der Waals surface area contributed by atoms with E-state index >= 15 is 0 Å². The van der Waals surface area contributed by atoms with Gasteiger partial charge in [-0.1, -0.05) is 6.92 Å². The zero-order chi connectivity index (χ0) is 10.4. The predicted octanol–water partition coefficient (Wildman–Crippen LogP) is 1.81. The summed E-state index contributed by atoms with van der Waals surface area (Å²) in [6.45, 7) is 6.79. The van der Waals surface area contributed by atoms with Crippen molar-refractivity contribution >= 4 is 5.97 Å². The lowest BCUT2D eigenvalue weighted by molar-refractivity contribution is -0.144. The normalized spacial score (nSPS) is 19.6. The van der Waals surface area contributed by atoms with Crippen molar-refractivity contribution in [3.8, 4) is 0 Å². The van der Waals surface area contributed by atoms with Crippen molar-refractivity contribution < 1.29 is 9.53 Å². The quantitative estimate of drug-likeness (QED) is 0.632. The summed E-state index contributed by atoms with van der Waals surface area (Å²) >= 11 is 0. The zero-order valence-electron chi connectivity index (χ0n) is 9.29. The molecule has 0 spiro atoms. The van der Waals surface area contributed by atoms with Gasteiger partial charge in [-0.3, -0.25) is 9.69 Å². The summed E-state index contributed by atoms with van der Waals surface area (Å²) in [7, 11) is 0. The van der Waals surface area contributed by atoms with E-state index in [1.54, 1.807) is 0 Å². The summed E-state index contributed by atoms with van der Waals surface area (Å²) in [5.41, 5.74) is 0. The Kier molecular flexibility index (Phi) is 4.94. The largest absolute Gasteiger partial charge is 0.466 e. The molecule has 0 amide bonds. The number of rotatable bonds is 5. The molecule has 0 N–H and O–H groups in total. The highest BCUT2D eigenvalue weighted by Crippen LogP contribution is 2.16. The Hall–Kier alpha value is -0.570. The average Bonchev–Trinajstić information content (AvgIpc) is 2.67. The summed E-state index contributed by atoms with van der Waals surface area (Å²) in [6, 6.07) is 0.400. The first-order valence-corrected chi connectivity index (χ1v) is 5.67. The molecular weight excluding hydrogens is 178 g/mol. The van der Waals surface area contributed by atoms with Gasteiger partial charge in [-0.25, -0.2) is 0 Å². The van der Waals surface area contributed by atoms with Crippen LogP contribution in [0.1, 0.15) is 39.5 Å². The van der Waals surface area contributed by atoms with Gasteiger partial charge in [0.15, 0.2) is 0 Å². The van der Waals surface area contributed by atoms with Crippen molar-refractivity contribution in [3.63, 3.8) is 0 Å². The molecule has 0 aromatic rings. The molecule has 1 heterocycles. The van der Waals surface area contributed by atoms with E-state index in [9.17, 15) is 4.79 Å². The highest BCUT2D eigenvalue weighted by Gasteiger charge is 2.22. The number of likely N-dealkylation sites (tertiary alicyclic amines) is 1. The first-order valence-electron chi connectivity index (χ1n) is 5.67. The number of hydrogen-bond acceptors (Lipinski definition) is 3. The SMILES string of the molecule is CCOC(=O)C[C@@H](CC)N1CCCC1. The van der Waals surface area contributed by atoms with Crippen LogP contribution in [0.15, 0.2) is 0 Å². The third-order valence-electron chi connectivity index (χ3n) is 2.84. The fourth-order valence-corrected chi connectivity index (χ4v) is 2.05. The average molecular weight is 199 g/mol. The highest BCUT2D eigenvalue weighted by molar-refractivity contribution is 5.70. The van der Waals surface area contributed by atoms with Crippen LogP contribution in [-0.4, -0.2) is 36.6 Å². The van der Waals surface area contributed by atoms with E-state index in [1.165, 1.54) is 12.8 Å². The van der Waals surface area contributed by atoms with Gasteiger partial charge in [0.2, 0.25) is 0 Å². The molecule has 1 aliphatic heterocycles. The Morgan fingerprint density at radius 2 is 2.00 bits per heavy atom. The maximum atomic E-state index is 11.3. The Labute approximate surface area is 86.4 Å². The van der Waals surface area contributed by atoms with Crippen molar-refractivity contribution in [1.29, 1.82) is 0 Å². The minimum atomic E-state index is -0.0498. The molecule has 0 unspecified atom stereocenters. The molecule has 3 nitrogen and oxygen atoms in total. The second-order valence-corrected chi connectivity index (χ2v) is 3.81. The van der Waals surface area contributed by atoms with Gasteiger partial charge < -0.3 is 4.74 Å². The lowest BCUT2D eigenvalue weighted by Gasteiger charge is -2.25. The lowest BCUT2D eigenvalue weighted by Crippen LogP contribution is -2.34. The third-order valence-corrected chi connectivity index (χ3v) is 2.84. The summed E-state index contributed by atoms with van der Waals surface area (Å²) in [5.74, 6) is -0.0498. The standard InChI is InChI=1S/C11H21NO2/c1-3-10(9-11(13)14-4-2)12-7-5-6-8-12/h10H,3-9H2,1-2H3/t10-/m1/s1. The van der Waals surface area contributed by atoms with Crippen LogP contribution >= 0.6 is 0 Å². The number of carbonyl (C=O) groups excluding carboxylic acids is 1. The maximum Gasteiger partial charge on any atom is 0.307 e. The van der Waals surface area contributed by atoms with E-state index in [0.29, 0.717) is 19.1 Å². The summed E-state index contributed by atoms with van der Waals surface area (Å²) < 4.78 is 4.97. The van der Waals surface area contributed by atoms with Crippen LogP contribution in [0.4, 0.5) is 0 Å². The number of ether oxygens (including phenoxy) is 1. The van der Waals surface area contributed by atoms with Crippen LogP contribution in [0.3, 0.4) is 0 Å². The van der Waals surface area contributed by atoms with Crippen LogP contribution in [0.2, 0.25) is 0 Å². The van der Waals surface area contributed by atoms with E-state index in [4.69, 9.17) is 4.74 Å². The second kappa shape index (κ2) is 6.02. The Morgan fingerprint density at radius 1 is 1.36 bits per heavy atom. The number of hydrogen-bond donors (Lipinski definition) is 0. The van der Waals surface area contributed by atoms with Gasteiger partial charge in [0.25, 0.3) is 0 Å². The third kappa shape index (κ3) is 3.29. The molecule has 0 aromatic heterocycles. The van der Waals surface area contributed by atoms with Gasteiger partial charge in [0, 0.05) is 6.04 Å². The molecule has 1 rings (SSSR count). The van der Waals surface area contributed by atoms with Crippen LogP contribution in [-0.2, 0) is 9.53 Å². The molecule has 1 saturated heterocycles. The van der Waals surface area contributed by atoms with Crippen molar-refractivity contribution in [2.45, 2.75) is 45.6 Å². The van der Waals surface area contributed by atoms with Crippen LogP contribution in [0, 0.1) is 0 Å². The number of nitrogens with zero attached hydrogens (tertiary/aromatic N) is 1. The first kappa shape index (κ1) is 11.5. The lowest BCUT2D eigenvalue weighted by atomic mass is 10.1. The highest BCUT2D eigenvalue weighted by atomic mass is 16.5. The molecule has 0 radical (unpaired) electrons.